The van der Waals surface area contributed by atoms with Crippen LogP contribution in [0.3, 0.4) is 0 Å². The van der Waals surface area contributed by atoms with Crippen molar-refractivity contribution in [2.75, 3.05) is 55.4 Å². The number of hydrogen-bond acceptors (Lipinski definition) is 6. The molecule has 28 heavy (non-hydrogen) atoms. The van der Waals surface area contributed by atoms with Gasteiger partial charge in [-0.25, -0.2) is 13.5 Å². The van der Waals surface area contributed by atoms with Crippen LogP contribution in [-0.4, -0.2) is 64.7 Å². The van der Waals surface area contributed by atoms with Crippen LogP contribution in [0.5, 0.6) is 0 Å². The van der Waals surface area contributed by atoms with E-state index in [-0.39, 0.29) is 5.91 Å². The van der Waals surface area contributed by atoms with Crippen molar-refractivity contribution in [1.82, 2.24) is 14.3 Å². The molecule has 1 aromatic carbocycles. The van der Waals surface area contributed by atoms with Crippen molar-refractivity contribution in [1.29, 1.82) is 0 Å². The maximum Gasteiger partial charge on any atom is 0.247 e. The van der Waals surface area contributed by atoms with Crippen LogP contribution in [0.1, 0.15) is 0 Å². The van der Waals surface area contributed by atoms with Crippen molar-refractivity contribution in [3.8, 4) is 0 Å². The molecular weight excluding hydrogens is 376 g/mol. The minimum absolute atomic E-state index is 0.273. The van der Waals surface area contributed by atoms with Crippen LogP contribution in [0.4, 0.5) is 17.5 Å². The molecule has 148 valence electrons. The van der Waals surface area contributed by atoms with Crippen molar-refractivity contribution in [3.05, 3.63) is 49.2 Å². The molecule has 1 unspecified atom stereocenters. The number of hydrogen-bond donors (Lipinski definition) is 1. The summed E-state index contributed by atoms with van der Waals surface area (Å²) in [5, 5.41) is 2.68. The van der Waals surface area contributed by atoms with Crippen LogP contribution in [0.25, 0.3) is 0 Å². The Morgan fingerprint density at radius 2 is 1.86 bits per heavy atom. The van der Waals surface area contributed by atoms with Gasteiger partial charge in [-0.2, -0.15) is 4.98 Å². The minimum Gasteiger partial charge on any atom is -0.363 e. The lowest BCUT2D eigenvalue weighted by Crippen LogP contribution is -2.47. The smallest absolute Gasteiger partial charge is 0.247 e. The average molecular weight is 401 g/mol. The van der Waals surface area contributed by atoms with E-state index in [0.717, 1.165) is 5.82 Å². The Labute approximate surface area is 167 Å². The van der Waals surface area contributed by atoms with Gasteiger partial charge in [0.1, 0.15) is 16.8 Å². The van der Waals surface area contributed by atoms with E-state index in [0.29, 0.717) is 42.7 Å². The van der Waals surface area contributed by atoms with Crippen LogP contribution >= 0.6 is 0 Å². The van der Waals surface area contributed by atoms with Gasteiger partial charge in [-0.15, -0.1) is 0 Å². The Bertz CT molecular complexity index is 863. The summed E-state index contributed by atoms with van der Waals surface area (Å²) in [6.45, 7) is 6.13. The van der Waals surface area contributed by atoms with E-state index in [9.17, 15) is 9.00 Å². The van der Waals surface area contributed by atoms with Gasteiger partial charge < -0.3 is 15.1 Å². The molecule has 0 aliphatic carbocycles. The molecule has 1 fully saturated rings. The molecule has 0 radical (unpaired) electrons. The third-order valence-electron chi connectivity index (χ3n) is 4.35. The Morgan fingerprint density at radius 3 is 2.46 bits per heavy atom. The molecular formula is C19H24N6O2S. The fourth-order valence-electron chi connectivity index (χ4n) is 2.79. The molecule has 9 heteroatoms. The second-order valence-corrected chi connectivity index (χ2v) is 7.98. The van der Waals surface area contributed by atoms with E-state index in [2.05, 4.69) is 26.8 Å². The molecule has 1 atom stereocenters. The highest BCUT2D eigenvalue weighted by molar-refractivity contribution is 7.82. The van der Waals surface area contributed by atoms with Crippen LogP contribution in [0.15, 0.2) is 54.1 Å². The molecule has 2 heterocycles. The maximum absolute atomic E-state index is 12.9. The molecule has 2 aromatic rings. The molecule has 0 spiro atoms. The summed E-state index contributed by atoms with van der Waals surface area (Å²) in [6, 6.07) is 8.89. The zero-order valence-corrected chi connectivity index (χ0v) is 16.9. The third-order valence-corrected chi connectivity index (χ3v) is 5.86. The predicted octanol–water partition coefficient (Wildman–Crippen LogP) is 1.51. The summed E-state index contributed by atoms with van der Waals surface area (Å²) < 4.78 is 14.8. The summed E-state index contributed by atoms with van der Waals surface area (Å²) >= 11 is 0. The predicted molar refractivity (Wildman–Crippen MR) is 112 cm³/mol. The molecule has 1 aliphatic heterocycles. The van der Waals surface area contributed by atoms with E-state index in [1.54, 1.807) is 30.5 Å². The Kier molecular flexibility index (Phi) is 6.37. The maximum atomic E-state index is 12.9. The number of anilines is 3. The van der Waals surface area contributed by atoms with Gasteiger partial charge in [0, 0.05) is 52.2 Å². The van der Waals surface area contributed by atoms with E-state index < -0.39 is 11.0 Å². The fraction of sp³-hybridized carbons (Fsp3) is 0.316. The quantitative estimate of drug-likeness (QED) is 0.741. The first-order chi connectivity index (χ1) is 13.5. The van der Waals surface area contributed by atoms with Crippen LogP contribution < -0.4 is 15.1 Å². The Morgan fingerprint density at radius 1 is 1.18 bits per heavy atom. The molecule has 1 N–H and O–H groups in total. The molecule has 1 aromatic heterocycles. The lowest BCUT2D eigenvalue weighted by atomic mass is 10.3. The zero-order valence-electron chi connectivity index (χ0n) is 16.0. The van der Waals surface area contributed by atoms with E-state index in [4.69, 9.17) is 0 Å². The number of aromatic nitrogens is 2. The Hall–Kier alpha value is -2.78. The number of piperazine rings is 1. The number of amides is 1. The summed E-state index contributed by atoms with van der Waals surface area (Å²) in [5.74, 6) is 1.28. The highest BCUT2D eigenvalue weighted by Gasteiger charge is 2.23. The van der Waals surface area contributed by atoms with Crippen LogP contribution in [-0.2, 0) is 15.8 Å². The summed E-state index contributed by atoms with van der Waals surface area (Å²) in [5.41, 5.74) is 0.647. The molecule has 1 amide bonds. The SMILES string of the molecule is C=CC(=O)Nc1ccc(S(=O)N2CCN(c3nccc(N(C)C)n3)CC2)cc1. The van der Waals surface area contributed by atoms with Crippen molar-refractivity contribution >= 4 is 34.3 Å². The first-order valence-corrected chi connectivity index (χ1v) is 10.0. The molecule has 3 rings (SSSR count). The fourth-order valence-corrected chi connectivity index (χ4v) is 3.95. The van der Waals surface area contributed by atoms with Gasteiger partial charge >= 0.3 is 0 Å². The minimum atomic E-state index is -1.25. The van der Waals surface area contributed by atoms with Crippen molar-refractivity contribution in [3.63, 3.8) is 0 Å². The van der Waals surface area contributed by atoms with Gasteiger partial charge in [0.2, 0.25) is 11.9 Å². The molecule has 1 saturated heterocycles. The van der Waals surface area contributed by atoms with Gasteiger partial charge in [-0.05, 0) is 36.4 Å². The van der Waals surface area contributed by atoms with Crippen molar-refractivity contribution in [2.24, 2.45) is 0 Å². The number of nitrogens with zero attached hydrogens (tertiary/aromatic N) is 5. The van der Waals surface area contributed by atoms with Gasteiger partial charge in [0.25, 0.3) is 0 Å². The monoisotopic (exact) mass is 400 g/mol. The second kappa shape index (κ2) is 8.94. The normalized spacial score (nSPS) is 15.7. The number of benzene rings is 1. The van der Waals surface area contributed by atoms with E-state index in [1.165, 1.54) is 6.08 Å². The van der Waals surface area contributed by atoms with Crippen molar-refractivity contribution < 1.29 is 9.00 Å². The molecule has 1 aliphatic rings. The third kappa shape index (κ3) is 4.73. The number of rotatable bonds is 6. The van der Waals surface area contributed by atoms with E-state index >= 15 is 0 Å². The van der Waals surface area contributed by atoms with Gasteiger partial charge in [0.15, 0.2) is 0 Å². The molecule has 0 saturated carbocycles. The van der Waals surface area contributed by atoms with Gasteiger partial charge in [-0.3, -0.25) is 4.79 Å². The topological polar surface area (TPSA) is 81.7 Å². The van der Waals surface area contributed by atoms with Crippen LogP contribution in [0.2, 0.25) is 0 Å². The summed E-state index contributed by atoms with van der Waals surface area (Å²) in [7, 11) is 2.64. The summed E-state index contributed by atoms with van der Waals surface area (Å²) in [4.78, 5) is 25.0. The van der Waals surface area contributed by atoms with Crippen molar-refractivity contribution in [2.45, 2.75) is 4.90 Å². The standard InChI is InChI=1S/C19H24N6O2S/c1-4-18(26)21-15-5-7-16(8-6-15)28(27)25-13-11-24(12-14-25)19-20-10-9-17(22-19)23(2)3/h4-10H,1,11-14H2,2-3H3,(H,21,26). The largest absolute Gasteiger partial charge is 0.363 e. The number of nitrogens with one attached hydrogen (secondary N) is 1. The highest BCUT2D eigenvalue weighted by atomic mass is 32.2. The first-order valence-electron chi connectivity index (χ1n) is 8.93. The van der Waals surface area contributed by atoms with Gasteiger partial charge in [-0.1, -0.05) is 6.58 Å². The first kappa shape index (κ1) is 20.0. The highest BCUT2D eigenvalue weighted by Crippen LogP contribution is 2.19. The lowest BCUT2D eigenvalue weighted by molar-refractivity contribution is -0.111. The number of carbonyl (C=O) groups is 1. The average Bonchev–Trinajstić information content (AvgIpc) is 2.74. The zero-order chi connectivity index (χ0) is 20.1. The second-order valence-electron chi connectivity index (χ2n) is 6.49. The molecule has 8 nitrogen and oxygen atoms in total. The van der Waals surface area contributed by atoms with Gasteiger partial charge in [0.05, 0.1) is 4.90 Å². The molecule has 0 bridgehead atoms. The van der Waals surface area contributed by atoms with Crippen LogP contribution in [0, 0.1) is 0 Å². The summed E-state index contributed by atoms with van der Waals surface area (Å²) in [6.07, 6.45) is 2.97. The Balaban J connectivity index is 1.60. The van der Waals surface area contributed by atoms with E-state index in [1.807, 2.05) is 29.4 Å². The lowest BCUT2D eigenvalue weighted by Gasteiger charge is -2.33. The number of carbonyl (C=O) groups excluding carboxylic acids is 1.